The summed E-state index contributed by atoms with van der Waals surface area (Å²) >= 11 is 1.73. The lowest BCUT2D eigenvalue weighted by Crippen LogP contribution is -2.26. The molecule has 4 heteroatoms. The Balaban J connectivity index is 2.01. The normalized spacial score (nSPS) is 11.9. The minimum Gasteiger partial charge on any atom is -0.312 e. The summed E-state index contributed by atoms with van der Waals surface area (Å²) in [5.41, 5.74) is 2.69. The molecule has 0 saturated heterocycles. The summed E-state index contributed by atoms with van der Waals surface area (Å²) in [6.07, 6.45) is 1.91. The second-order valence-electron chi connectivity index (χ2n) is 5.41. The number of hydrogen-bond donors (Lipinski definition) is 2. The van der Waals surface area contributed by atoms with Gasteiger partial charge in [0.25, 0.3) is 0 Å². The van der Waals surface area contributed by atoms with Crippen LogP contribution in [0.1, 0.15) is 26.3 Å². The number of aromatic amines is 1. The van der Waals surface area contributed by atoms with E-state index in [1.54, 1.807) is 11.3 Å². The molecule has 0 fully saturated rings. The maximum Gasteiger partial charge on any atom is 0.0794 e. The van der Waals surface area contributed by atoms with Gasteiger partial charge >= 0.3 is 0 Å². The van der Waals surface area contributed by atoms with Crippen molar-refractivity contribution in [1.29, 1.82) is 0 Å². The van der Waals surface area contributed by atoms with Crippen molar-refractivity contribution in [2.75, 3.05) is 6.54 Å². The van der Waals surface area contributed by atoms with Crippen LogP contribution in [0.3, 0.4) is 0 Å². The highest BCUT2D eigenvalue weighted by Gasteiger charge is 2.11. The monoisotopic (exact) mass is 249 g/mol. The number of nitrogens with zero attached hydrogens (tertiary/aromatic N) is 1. The molecule has 0 aromatic carbocycles. The van der Waals surface area contributed by atoms with Crippen LogP contribution < -0.4 is 5.32 Å². The molecule has 0 unspecified atom stereocenters. The SMILES string of the molecule is CC(C)(C)CNCc1cn[nH]c1-c1cccs1. The van der Waals surface area contributed by atoms with Gasteiger partial charge in [-0.05, 0) is 16.9 Å². The molecule has 2 N–H and O–H groups in total. The predicted octanol–water partition coefficient (Wildman–Crippen LogP) is 3.27. The highest BCUT2D eigenvalue weighted by atomic mass is 32.1. The topological polar surface area (TPSA) is 40.7 Å². The Bertz CT molecular complexity index is 451. The van der Waals surface area contributed by atoms with E-state index in [4.69, 9.17) is 0 Å². The van der Waals surface area contributed by atoms with Crippen molar-refractivity contribution in [3.8, 4) is 10.6 Å². The van der Waals surface area contributed by atoms with E-state index < -0.39 is 0 Å². The van der Waals surface area contributed by atoms with Crippen molar-refractivity contribution in [3.63, 3.8) is 0 Å². The van der Waals surface area contributed by atoms with Crippen LogP contribution in [0.15, 0.2) is 23.7 Å². The van der Waals surface area contributed by atoms with Crippen LogP contribution in [0.2, 0.25) is 0 Å². The summed E-state index contributed by atoms with van der Waals surface area (Å²) in [6, 6.07) is 4.18. The molecule has 0 atom stereocenters. The van der Waals surface area contributed by atoms with Crippen molar-refractivity contribution in [2.45, 2.75) is 27.3 Å². The van der Waals surface area contributed by atoms with Gasteiger partial charge in [0.2, 0.25) is 0 Å². The zero-order valence-corrected chi connectivity index (χ0v) is 11.4. The van der Waals surface area contributed by atoms with Crippen LogP contribution in [-0.4, -0.2) is 16.7 Å². The van der Waals surface area contributed by atoms with E-state index in [2.05, 4.69) is 53.8 Å². The molecule has 0 amide bonds. The van der Waals surface area contributed by atoms with Gasteiger partial charge in [0, 0.05) is 18.7 Å². The quantitative estimate of drug-likeness (QED) is 0.873. The van der Waals surface area contributed by atoms with Crippen LogP contribution in [0.25, 0.3) is 10.6 Å². The van der Waals surface area contributed by atoms with E-state index in [-0.39, 0.29) is 0 Å². The molecular weight excluding hydrogens is 230 g/mol. The van der Waals surface area contributed by atoms with E-state index >= 15 is 0 Å². The Morgan fingerprint density at radius 3 is 2.88 bits per heavy atom. The Hall–Kier alpha value is -1.13. The maximum atomic E-state index is 4.13. The first-order valence-electron chi connectivity index (χ1n) is 5.83. The minimum atomic E-state index is 0.312. The molecule has 0 bridgehead atoms. The average molecular weight is 249 g/mol. The lowest BCUT2D eigenvalue weighted by molar-refractivity contribution is 0.379. The van der Waals surface area contributed by atoms with E-state index in [0.29, 0.717) is 5.41 Å². The third-order valence-corrected chi connectivity index (χ3v) is 3.34. The molecule has 2 aromatic rings. The number of nitrogens with one attached hydrogen (secondary N) is 2. The minimum absolute atomic E-state index is 0.312. The van der Waals surface area contributed by atoms with Crippen LogP contribution in [0.5, 0.6) is 0 Å². The van der Waals surface area contributed by atoms with Crippen LogP contribution in [0.4, 0.5) is 0 Å². The highest BCUT2D eigenvalue weighted by Crippen LogP contribution is 2.25. The summed E-state index contributed by atoms with van der Waals surface area (Å²) in [6.45, 7) is 8.56. The second-order valence-corrected chi connectivity index (χ2v) is 6.36. The van der Waals surface area contributed by atoms with E-state index in [9.17, 15) is 0 Å². The van der Waals surface area contributed by atoms with E-state index in [0.717, 1.165) is 18.8 Å². The number of aromatic nitrogens is 2. The molecule has 92 valence electrons. The fourth-order valence-corrected chi connectivity index (χ4v) is 2.41. The molecule has 17 heavy (non-hydrogen) atoms. The molecule has 3 nitrogen and oxygen atoms in total. The van der Waals surface area contributed by atoms with Gasteiger partial charge in [0.15, 0.2) is 0 Å². The smallest absolute Gasteiger partial charge is 0.0794 e. The average Bonchev–Trinajstić information content (AvgIpc) is 2.82. The first-order valence-corrected chi connectivity index (χ1v) is 6.71. The Kier molecular flexibility index (Phi) is 3.64. The van der Waals surface area contributed by atoms with Gasteiger partial charge in [-0.15, -0.1) is 11.3 Å². The number of H-pyrrole nitrogens is 1. The standard InChI is InChI=1S/C13H19N3S/c1-13(2,3)9-14-7-10-8-15-16-12(10)11-5-4-6-17-11/h4-6,8,14H,7,9H2,1-3H3,(H,15,16). The zero-order valence-electron chi connectivity index (χ0n) is 10.6. The third-order valence-electron chi connectivity index (χ3n) is 2.46. The fraction of sp³-hybridized carbons (Fsp3) is 0.462. The number of rotatable bonds is 4. The van der Waals surface area contributed by atoms with Crippen molar-refractivity contribution in [1.82, 2.24) is 15.5 Å². The molecule has 0 aliphatic carbocycles. The first-order chi connectivity index (χ1) is 8.06. The Morgan fingerprint density at radius 1 is 1.41 bits per heavy atom. The second kappa shape index (κ2) is 5.02. The van der Waals surface area contributed by atoms with Crippen molar-refractivity contribution in [2.24, 2.45) is 5.41 Å². The lowest BCUT2D eigenvalue weighted by Gasteiger charge is -2.18. The largest absolute Gasteiger partial charge is 0.312 e. The first kappa shape index (κ1) is 12.3. The van der Waals surface area contributed by atoms with Crippen LogP contribution >= 0.6 is 11.3 Å². The van der Waals surface area contributed by atoms with Gasteiger partial charge in [0.1, 0.15) is 0 Å². The van der Waals surface area contributed by atoms with Gasteiger partial charge in [0.05, 0.1) is 16.8 Å². The summed E-state index contributed by atoms with van der Waals surface area (Å²) in [5, 5.41) is 12.8. The predicted molar refractivity (Wildman–Crippen MR) is 73.1 cm³/mol. The number of hydrogen-bond acceptors (Lipinski definition) is 3. The lowest BCUT2D eigenvalue weighted by atomic mass is 9.97. The molecule has 0 aliphatic rings. The summed E-state index contributed by atoms with van der Waals surface area (Å²) in [5.74, 6) is 0. The van der Waals surface area contributed by atoms with Crippen molar-refractivity contribution < 1.29 is 0 Å². The van der Waals surface area contributed by atoms with Gasteiger partial charge in [-0.1, -0.05) is 26.8 Å². The highest BCUT2D eigenvalue weighted by molar-refractivity contribution is 7.13. The summed E-state index contributed by atoms with van der Waals surface area (Å²) < 4.78 is 0. The van der Waals surface area contributed by atoms with Gasteiger partial charge < -0.3 is 5.32 Å². The van der Waals surface area contributed by atoms with Gasteiger partial charge in [-0.25, -0.2) is 0 Å². The molecule has 2 rings (SSSR count). The molecular formula is C13H19N3S. The van der Waals surface area contributed by atoms with E-state index in [1.807, 2.05) is 6.20 Å². The van der Waals surface area contributed by atoms with Gasteiger partial charge in [-0.2, -0.15) is 5.10 Å². The summed E-state index contributed by atoms with van der Waals surface area (Å²) in [7, 11) is 0. The number of thiophene rings is 1. The van der Waals surface area contributed by atoms with Crippen molar-refractivity contribution in [3.05, 3.63) is 29.3 Å². The summed E-state index contributed by atoms with van der Waals surface area (Å²) in [4.78, 5) is 1.25. The molecule has 2 heterocycles. The Morgan fingerprint density at radius 2 is 2.24 bits per heavy atom. The maximum absolute atomic E-state index is 4.13. The fourth-order valence-electron chi connectivity index (χ4n) is 1.65. The molecule has 0 radical (unpaired) electrons. The molecule has 2 aromatic heterocycles. The van der Waals surface area contributed by atoms with Crippen LogP contribution in [-0.2, 0) is 6.54 Å². The molecule has 0 saturated carbocycles. The zero-order chi connectivity index (χ0) is 12.3. The molecule has 0 aliphatic heterocycles. The van der Waals surface area contributed by atoms with E-state index in [1.165, 1.54) is 10.4 Å². The molecule has 0 spiro atoms. The van der Waals surface area contributed by atoms with Crippen LogP contribution in [0, 0.1) is 5.41 Å². The Labute approximate surface area is 106 Å². The third kappa shape index (κ3) is 3.41. The van der Waals surface area contributed by atoms with Crippen molar-refractivity contribution >= 4 is 11.3 Å². The van der Waals surface area contributed by atoms with Gasteiger partial charge in [-0.3, -0.25) is 5.10 Å².